The van der Waals surface area contributed by atoms with E-state index >= 15 is 0 Å². The smallest absolute Gasteiger partial charge is 0.273 e. The van der Waals surface area contributed by atoms with Crippen LogP contribution in [0.25, 0.3) is 0 Å². The molecule has 0 aliphatic heterocycles. The third-order valence-corrected chi connectivity index (χ3v) is 6.35. The fourth-order valence-electron chi connectivity index (χ4n) is 5.40. The lowest BCUT2D eigenvalue weighted by Gasteiger charge is -2.59. The number of carbonyl (C=O) groups is 2. The van der Waals surface area contributed by atoms with Crippen molar-refractivity contribution in [1.82, 2.24) is 10.9 Å². The highest BCUT2D eigenvalue weighted by Crippen LogP contribution is 2.63. The van der Waals surface area contributed by atoms with E-state index in [4.69, 9.17) is 11.6 Å². The number of hydrogen-bond donors (Lipinski definition) is 3. The first kappa shape index (κ1) is 15.8. The van der Waals surface area contributed by atoms with E-state index in [9.17, 15) is 14.7 Å². The topological polar surface area (TPSA) is 78.4 Å². The Bertz CT molecular complexity index is 691. The van der Waals surface area contributed by atoms with E-state index in [-0.39, 0.29) is 22.1 Å². The molecule has 5 nitrogen and oxygen atoms in total. The van der Waals surface area contributed by atoms with E-state index in [1.165, 1.54) is 18.6 Å². The first-order valence-electron chi connectivity index (χ1n) is 8.47. The zero-order chi connectivity index (χ0) is 16.9. The van der Waals surface area contributed by atoms with Gasteiger partial charge in [-0.3, -0.25) is 20.4 Å². The molecule has 0 heterocycles. The SMILES string of the molecule is O=C(NNC(=O)C12CC3CC(CC(Cl)(C3)C1)C2)c1ccccc1O. The van der Waals surface area contributed by atoms with Crippen LogP contribution < -0.4 is 10.9 Å². The van der Waals surface area contributed by atoms with Gasteiger partial charge in [-0.1, -0.05) is 12.1 Å². The van der Waals surface area contributed by atoms with Crippen LogP contribution in [0.1, 0.15) is 48.9 Å². The number of rotatable bonds is 2. The molecule has 2 unspecified atom stereocenters. The van der Waals surface area contributed by atoms with E-state index in [1.807, 2.05) is 0 Å². The minimum atomic E-state index is -0.522. The molecule has 6 heteroatoms. The third kappa shape index (κ3) is 2.55. The van der Waals surface area contributed by atoms with Gasteiger partial charge in [-0.25, -0.2) is 0 Å². The third-order valence-electron chi connectivity index (χ3n) is 5.91. The highest BCUT2D eigenvalue weighted by atomic mass is 35.5. The molecule has 24 heavy (non-hydrogen) atoms. The summed E-state index contributed by atoms with van der Waals surface area (Å²) in [5, 5.41) is 9.72. The van der Waals surface area contributed by atoms with Gasteiger partial charge in [0.05, 0.1) is 11.0 Å². The molecule has 4 aliphatic rings. The molecule has 0 radical (unpaired) electrons. The molecule has 0 spiro atoms. The Morgan fingerprint density at radius 3 is 2.38 bits per heavy atom. The minimum absolute atomic E-state index is 0.112. The van der Waals surface area contributed by atoms with Crippen molar-refractivity contribution < 1.29 is 14.7 Å². The average molecular weight is 349 g/mol. The summed E-state index contributed by atoms with van der Waals surface area (Å²) in [4.78, 5) is 24.7. The number of amides is 2. The summed E-state index contributed by atoms with van der Waals surface area (Å²) < 4.78 is 0. The van der Waals surface area contributed by atoms with Crippen LogP contribution in [0.5, 0.6) is 5.75 Å². The summed E-state index contributed by atoms with van der Waals surface area (Å²) in [6.07, 6.45) is 5.59. The molecular weight excluding hydrogens is 328 g/mol. The number of benzene rings is 1. The Morgan fingerprint density at radius 2 is 1.75 bits per heavy atom. The van der Waals surface area contributed by atoms with Crippen LogP contribution >= 0.6 is 11.6 Å². The normalized spacial score (nSPS) is 36.4. The number of para-hydroxylation sites is 1. The Balaban J connectivity index is 1.45. The molecule has 2 amide bonds. The quantitative estimate of drug-likeness (QED) is 0.568. The summed E-state index contributed by atoms with van der Waals surface area (Å²) >= 11 is 6.74. The average Bonchev–Trinajstić information content (AvgIpc) is 2.50. The molecule has 5 rings (SSSR count). The molecule has 128 valence electrons. The molecule has 4 saturated carbocycles. The molecule has 4 bridgehead atoms. The summed E-state index contributed by atoms with van der Waals surface area (Å²) in [6.45, 7) is 0. The number of carbonyl (C=O) groups excluding carboxylic acids is 2. The fraction of sp³-hybridized carbons (Fsp3) is 0.556. The largest absolute Gasteiger partial charge is 0.507 e. The van der Waals surface area contributed by atoms with Crippen molar-refractivity contribution in [3.05, 3.63) is 29.8 Å². The number of nitrogens with one attached hydrogen (secondary N) is 2. The fourth-order valence-corrected chi connectivity index (χ4v) is 6.09. The number of alkyl halides is 1. The molecule has 4 aliphatic carbocycles. The van der Waals surface area contributed by atoms with Crippen LogP contribution in [0.4, 0.5) is 0 Å². The second kappa shape index (κ2) is 5.38. The maximum Gasteiger partial charge on any atom is 0.273 e. The number of phenols is 1. The van der Waals surface area contributed by atoms with Crippen molar-refractivity contribution in [2.75, 3.05) is 0 Å². The Hall–Kier alpha value is -1.75. The lowest BCUT2D eigenvalue weighted by Crippen LogP contribution is -2.60. The molecule has 1 aromatic rings. The molecule has 0 saturated heterocycles. The van der Waals surface area contributed by atoms with Gasteiger partial charge in [0.15, 0.2) is 0 Å². The van der Waals surface area contributed by atoms with Gasteiger partial charge in [-0.05, 0) is 62.5 Å². The number of aromatic hydroxyl groups is 1. The second-order valence-electron chi connectivity index (χ2n) is 7.82. The summed E-state index contributed by atoms with van der Waals surface area (Å²) in [5.74, 6) is 0.252. The van der Waals surface area contributed by atoms with Crippen LogP contribution in [-0.4, -0.2) is 21.8 Å². The van der Waals surface area contributed by atoms with Gasteiger partial charge in [0.25, 0.3) is 5.91 Å². The molecule has 4 fully saturated rings. The van der Waals surface area contributed by atoms with Gasteiger partial charge in [0, 0.05) is 4.87 Å². The van der Waals surface area contributed by atoms with Gasteiger partial charge in [-0.2, -0.15) is 0 Å². The van der Waals surface area contributed by atoms with Crippen molar-refractivity contribution in [3.63, 3.8) is 0 Å². The monoisotopic (exact) mass is 348 g/mol. The van der Waals surface area contributed by atoms with Crippen molar-refractivity contribution in [2.45, 2.75) is 43.4 Å². The molecular formula is C18H21ClN2O3. The molecule has 2 atom stereocenters. The zero-order valence-corrected chi connectivity index (χ0v) is 14.1. The standard InChI is InChI=1S/C18H21ClN2O3/c19-18-8-11-5-12(9-18)7-17(6-11,10-18)16(24)21-20-15(23)13-3-1-2-4-14(13)22/h1-4,11-12,22H,5-10H2,(H,20,23)(H,21,24). The van der Waals surface area contributed by atoms with Gasteiger partial charge >= 0.3 is 0 Å². The molecule has 3 N–H and O–H groups in total. The van der Waals surface area contributed by atoms with E-state index in [0.29, 0.717) is 18.3 Å². The van der Waals surface area contributed by atoms with E-state index in [2.05, 4.69) is 10.9 Å². The van der Waals surface area contributed by atoms with Crippen molar-refractivity contribution >= 4 is 23.4 Å². The Labute approximate surface area is 145 Å². The van der Waals surface area contributed by atoms with Crippen molar-refractivity contribution in [1.29, 1.82) is 0 Å². The predicted octanol–water partition coefficient (Wildman–Crippen LogP) is 2.73. The Morgan fingerprint density at radius 1 is 1.08 bits per heavy atom. The van der Waals surface area contributed by atoms with Crippen LogP contribution in [0.3, 0.4) is 0 Å². The molecule has 1 aromatic carbocycles. The highest BCUT2D eigenvalue weighted by Gasteiger charge is 2.60. The maximum absolute atomic E-state index is 12.8. The molecule has 0 aromatic heterocycles. The van der Waals surface area contributed by atoms with E-state index < -0.39 is 11.3 Å². The van der Waals surface area contributed by atoms with Gasteiger partial charge < -0.3 is 5.11 Å². The van der Waals surface area contributed by atoms with Gasteiger partial charge in [0.2, 0.25) is 5.91 Å². The maximum atomic E-state index is 12.8. The minimum Gasteiger partial charge on any atom is -0.507 e. The number of phenolic OH excluding ortho intramolecular Hbond substituents is 1. The van der Waals surface area contributed by atoms with Crippen molar-refractivity contribution in [3.8, 4) is 5.75 Å². The number of halogens is 1. The first-order chi connectivity index (χ1) is 11.4. The van der Waals surface area contributed by atoms with Gasteiger partial charge in [-0.15, -0.1) is 11.6 Å². The van der Waals surface area contributed by atoms with Crippen LogP contribution in [0.15, 0.2) is 24.3 Å². The lowest BCUT2D eigenvalue weighted by atomic mass is 9.49. The summed E-state index contributed by atoms with van der Waals surface area (Å²) in [7, 11) is 0. The van der Waals surface area contributed by atoms with Crippen LogP contribution in [0.2, 0.25) is 0 Å². The summed E-state index contributed by atoms with van der Waals surface area (Å²) in [5.41, 5.74) is 4.69. The van der Waals surface area contributed by atoms with E-state index in [0.717, 1.165) is 25.7 Å². The van der Waals surface area contributed by atoms with E-state index in [1.54, 1.807) is 12.1 Å². The lowest BCUT2D eigenvalue weighted by molar-refractivity contribution is -0.145. The van der Waals surface area contributed by atoms with Crippen LogP contribution in [-0.2, 0) is 4.79 Å². The number of hydrazine groups is 1. The second-order valence-corrected chi connectivity index (χ2v) is 8.62. The first-order valence-corrected chi connectivity index (χ1v) is 8.85. The Kier molecular flexibility index (Phi) is 3.53. The zero-order valence-electron chi connectivity index (χ0n) is 13.3. The predicted molar refractivity (Wildman–Crippen MR) is 89.4 cm³/mol. The van der Waals surface area contributed by atoms with Crippen LogP contribution in [0, 0.1) is 17.3 Å². The van der Waals surface area contributed by atoms with Crippen molar-refractivity contribution in [2.24, 2.45) is 17.3 Å². The summed E-state index contributed by atoms with van der Waals surface area (Å²) in [6, 6.07) is 6.25. The van der Waals surface area contributed by atoms with Gasteiger partial charge in [0.1, 0.15) is 5.75 Å². The highest BCUT2D eigenvalue weighted by molar-refractivity contribution is 6.24. The number of hydrogen-bond acceptors (Lipinski definition) is 3.